The van der Waals surface area contributed by atoms with Crippen LogP contribution in [0.4, 0.5) is 4.79 Å². The first-order valence-corrected chi connectivity index (χ1v) is 11.2. The van der Waals surface area contributed by atoms with Crippen LogP contribution in [0.3, 0.4) is 0 Å². The summed E-state index contributed by atoms with van der Waals surface area (Å²) in [7, 11) is 7.04. The Morgan fingerprint density at radius 3 is 2.74 bits per heavy atom. The van der Waals surface area contributed by atoms with E-state index in [1.54, 1.807) is 38.6 Å². The number of ether oxygens (including phenoxy) is 2. The second-order valence-electron chi connectivity index (χ2n) is 8.73. The summed E-state index contributed by atoms with van der Waals surface area (Å²) in [5, 5.41) is 3.04. The summed E-state index contributed by atoms with van der Waals surface area (Å²) in [6.45, 7) is 0. The number of fused-ring (bicyclic) bond motifs is 2. The minimum absolute atomic E-state index is 0.0982. The van der Waals surface area contributed by atoms with Crippen LogP contribution in [0.2, 0.25) is 0 Å². The molecule has 1 amide bonds. The first-order valence-electron chi connectivity index (χ1n) is 11.2. The van der Waals surface area contributed by atoms with E-state index in [0.717, 1.165) is 16.7 Å². The van der Waals surface area contributed by atoms with Crippen LogP contribution >= 0.6 is 0 Å². The molecule has 0 saturated heterocycles. The van der Waals surface area contributed by atoms with Gasteiger partial charge in [0.2, 0.25) is 0 Å². The summed E-state index contributed by atoms with van der Waals surface area (Å²) >= 11 is 0. The highest BCUT2D eigenvalue weighted by Gasteiger charge is 2.37. The average molecular weight is 475 g/mol. The summed E-state index contributed by atoms with van der Waals surface area (Å²) in [5.74, 6) is 1.09. The van der Waals surface area contributed by atoms with Gasteiger partial charge in [0.25, 0.3) is 0 Å². The summed E-state index contributed by atoms with van der Waals surface area (Å²) in [6, 6.07) is 11.1. The molecule has 35 heavy (non-hydrogen) atoms. The summed E-state index contributed by atoms with van der Waals surface area (Å²) in [5.41, 5.74) is 4.93. The van der Waals surface area contributed by atoms with Gasteiger partial charge in [-0.25, -0.2) is 9.78 Å². The second-order valence-corrected chi connectivity index (χ2v) is 8.73. The van der Waals surface area contributed by atoms with Crippen LogP contribution in [0.1, 0.15) is 17.2 Å². The normalized spacial score (nSPS) is 16.9. The zero-order valence-electron chi connectivity index (χ0n) is 19.9. The predicted octanol–water partition coefficient (Wildman–Crippen LogP) is 3.74. The molecule has 5 rings (SSSR count). The zero-order chi connectivity index (χ0) is 24.7. The summed E-state index contributed by atoms with van der Waals surface area (Å²) in [4.78, 5) is 34.4. The maximum Gasteiger partial charge on any atom is 0.407 e. The van der Waals surface area contributed by atoms with Gasteiger partial charge in [0.15, 0.2) is 17.6 Å². The van der Waals surface area contributed by atoms with Crippen LogP contribution in [-0.4, -0.2) is 55.3 Å². The van der Waals surface area contributed by atoms with Gasteiger partial charge in [-0.05, 0) is 42.9 Å². The Morgan fingerprint density at radius 1 is 1.23 bits per heavy atom. The number of aromatic nitrogens is 2. The number of aromatic amines is 1. The topological polar surface area (TPSA) is 110 Å². The Bertz CT molecular complexity index is 1460. The molecule has 2 heterocycles. The number of oxazole rings is 1. The van der Waals surface area contributed by atoms with Gasteiger partial charge in [-0.3, -0.25) is 9.69 Å². The molecule has 0 bridgehead atoms. The van der Waals surface area contributed by atoms with Crippen molar-refractivity contribution < 1.29 is 18.7 Å². The van der Waals surface area contributed by atoms with E-state index >= 15 is 0 Å². The number of hydrogen-bond donors (Lipinski definition) is 2. The van der Waals surface area contributed by atoms with E-state index < -0.39 is 6.09 Å². The van der Waals surface area contributed by atoms with Crippen molar-refractivity contribution in [1.29, 1.82) is 0 Å². The smallest absolute Gasteiger partial charge is 0.407 e. The largest absolute Gasteiger partial charge is 0.496 e. The number of alkyl carbamates (subject to hydrolysis) is 1. The monoisotopic (exact) mass is 474 g/mol. The van der Waals surface area contributed by atoms with Crippen LogP contribution < -0.4 is 15.5 Å². The van der Waals surface area contributed by atoms with Crippen LogP contribution in [-0.2, 0) is 11.2 Å². The third-order valence-corrected chi connectivity index (χ3v) is 6.42. The minimum Gasteiger partial charge on any atom is -0.496 e. The van der Waals surface area contributed by atoms with Gasteiger partial charge >= 0.3 is 6.09 Å². The lowest BCUT2D eigenvalue weighted by atomic mass is 10.0. The number of hydrogen-bond acceptors (Lipinski definition) is 7. The third kappa shape index (κ3) is 4.04. The lowest BCUT2D eigenvalue weighted by Crippen LogP contribution is -2.34. The Morgan fingerprint density at radius 2 is 2.06 bits per heavy atom. The van der Waals surface area contributed by atoms with Crippen molar-refractivity contribution in [3.63, 3.8) is 0 Å². The molecule has 2 aromatic carbocycles. The number of H-pyrrole nitrogens is 1. The molecule has 0 fully saturated rings. The maximum atomic E-state index is 13.1. The Balaban J connectivity index is 1.57. The fraction of sp³-hybridized carbons (Fsp3) is 0.269. The van der Waals surface area contributed by atoms with Gasteiger partial charge in [0, 0.05) is 36.7 Å². The number of carbonyl (C=O) groups excluding carboxylic acids is 1. The van der Waals surface area contributed by atoms with Gasteiger partial charge in [0.05, 0.1) is 30.4 Å². The number of carbonyl (C=O) groups is 1. The van der Waals surface area contributed by atoms with Gasteiger partial charge < -0.3 is 24.2 Å². The highest BCUT2D eigenvalue weighted by Crippen LogP contribution is 2.39. The zero-order valence-corrected chi connectivity index (χ0v) is 19.9. The first kappa shape index (κ1) is 22.7. The van der Waals surface area contributed by atoms with Crippen molar-refractivity contribution >= 4 is 17.0 Å². The maximum absolute atomic E-state index is 13.1. The molecule has 9 nitrogen and oxygen atoms in total. The fourth-order valence-electron chi connectivity index (χ4n) is 4.81. The molecular weight excluding hydrogens is 448 g/mol. The van der Waals surface area contributed by atoms with E-state index in [1.165, 1.54) is 6.39 Å². The molecule has 0 spiro atoms. The quantitative estimate of drug-likeness (QED) is 0.453. The van der Waals surface area contributed by atoms with E-state index in [-0.39, 0.29) is 17.6 Å². The molecule has 4 aromatic rings. The van der Waals surface area contributed by atoms with Crippen molar-refractivity contribution in [2.24, 2.45) is 0 Å². The number of methoxy groups -OCH3 is 1. The molecule has 2 atom stereocenters. The highest BCUT2D eigenvalue weighted by molar-refractivity contribution is 5.88. The first-order chi connectivity index (χ1) is 16.9. The second kappa shape index (κ2) is 8.92. The number of pyridine rings is 1. The van der Waals surface area contributed by atoms with Crippen molar-refractivity contribution in [2.75, 3.05) is 28.3 Å². The van der Waals surface area contributed by atoms with Crippen molar-refractivity contribution in [1.82, 2.24) is 20.2 Å². The van der Waals surface area contributed by atoms with Crippen molar-refractivity contribution in [3.8, 4) is 28.3 Å². The van der Waals surface area contributed by atoms with Crippen LogP contribution in [0.25, 0.3) is 33.5 Å². The average Bonchev–Trinajstić information content (AvgIpc) is 3.50. The van der Waals surface area contributed by atoms with Crippen LogP contribution in [0.5, 0.6) is 5.75 Å². The molecule has 9 heteroatoms. The van der Waals surface area contributed by atoms with E-state index in [1.807, 2.05) is 31.1 Å². The van der Waals surface area contributed by atoms with Crippen molar-refractivity contribution in [3.05, 3.63) is 70.3 Å². The van der Waals surface area contributed by atoms with Gasteiger partial charge in [0.1, 0.15) is 11.9 Å². The van der Waals surface area contributed by atoms with Gasteiger partial charge in [-0.1, -0.05) is 12.1 Å². The Hall–Kier alpha value is -4.11. The Labute approximate surface area is 201 Å². The van der Waals surface area contributed by atoms with Crippen LogP contribution in [0.15, 0.2) is 58.2 Å². The van der Waals surface area contributed by atoms with Gasteiger partial charge in [-0.2, -0.15) is 0 Å². The third-order valence-electron chi connectivity index (χ3n) is 6.42. The number of likely N-dealkylation sites (N-methyl/N-ethyl adjacent to an activating group) is 1. The molecule has 0 radical (unpaired) electrons. The lowest BCUT2D eigenvalue weighted by Gasteiger charge is -2.27. The number of nitrogens with zero attached hydrogens (tertiary/aromatic N) is 2. The summed E-state index contributed by atoms with van der Waals surface area (Å²) < 4.78 is 16.6. The lowest BCUT2D eigenvalue weighted by molar-refractivity contribution is 0.0547. The molecule has 0 saturated carbocycles. The number of nitrogens with one attached hydrogen (secondary N) is 2. The molecule has 2 N–H and O–H groups in total. The molecule has 1 aliphatic rings. The minimum atomic E-state index is -0.451. The van der Waals surface area contributed by atoms with E-state index in [4.69, 9.17) is 13.9 Å². The standard InChI is InChI=1S/C26H26N4O5/c1-27-26(32)35-23-8-14-5-6-15(7-16(14)25(23)30(2)3)19-10-21(31)17-9-18(24-12-28-13-34-24)22(33-4)11-20(17)29-19/h5-7,9-13,23,25H,8H2,1-4H3,(H,27,32)(H,29,31)/t23-,25?/m1/s1. The van der Waals surface area contributed by atoms with E-state index in [9.17, 15) is 9.59 Å². The van der Waals surface area contributed by atoms with Gasteiger partial charge in [-0.15, -0.1) is 0 Å². The molecular formula is C26H26N4O5. The number of rotatable bonds is 5. The molecule has 0 aliphatic heterocycles. The Kier molecular flexibility index (Phi) is 5.78. The van der Waals surface area contributed by atoms with E-state index in [0.29, 0.717) is 40.1 Å². The molecule has 2 aromatic heterocycles. The fourth-order valence-corrected chi connectivity index (χ4v) is 4.81. The molecule has 180 valence electrons. The SMILES string of the molecule is CNC(=O)O[C@@H]1Cc2ccc(-c3cc(=O)c4cc(-c5cnco5)c(OC)cc4[nH]3)cc2C1N(C)C. The highest BCUT2D eigenvalue weighted by atomic mass is 16.6. The van der Waals surface area contributed by atoms with Crippen molar-refractivity contribution in [2.45, 2.75) is 18.6 Å². The molecule has 1 unspecified atom stereocenters. The number of amides is 1. The van der Waals surface area contributed by atoms with Crippen LogP contribution in [0, 0.1) is 0 Å². The molecule has 1 aliphatic carbocycles. The van der Waals surface area contributed by atoms with E-state index in [2.05, 4.69) is 21.4 Å². The number of benzene rings is 2. The summed E-state index contributed by atoms with van der Waals surface area (Å²) in [6.07, 6.45) is 2.80. The predicted molar refractivity (Wildman–Crippen MR) is 132 cm³/mol.